The first-order valence-corrected chi connectivity index (χ1v) is 6.18. The second-order valence-electron chi connectivity index (χ2n) is 4.81. The summed E-state index contributed by atoms with van der Waals surface area (Å²) in [6, 6.07) is 5.48. The van der Waals surface area contributed by atoms with Crippen LogP contribution in [0.25, 0.3) is 0 Å². The van der Waals surface area contributed by atoms with E-state index in [2.05, 4.69) is 6.92 Å². The molecule has 2 atom stereocenters. The molecule has 2 unspecified atom stereocenters. The van der Waals surface area contributed by atoms with Crippen molar-refractivity contribution in [2.75, 3.05) is 13.1 Å². The van der Waals surface area contributed by atoms with Crippen molar-refractivity contribution in [2.24, 2.45) is 11.7 Å². The Balaban J connectivity index is 2.23. The van der Waals surface area contributed by atoms with Gasteiger partial charge in [0.1, 0.15) is 0 Å². The minimum absolute atomic E-state index is 0.0322. The molecule has 1 heterocycles. The second-order valence-corrected chi connectivity index (χ2v) is 5.25. The number of likely N-dealkylation sites (tertiary alicyclic amines) is 1. The van der Waals surface area contributed by atoms with Crippen molar-refractivity contribution in [3.8, 4) is 0 Å². The number of hydrogen-bond donors (Lipinski definition) is 1. The monoisotopic (exact) mass is 252 g/mol. The summed E-state index contributed by atoms with van der Waals surface area (Å²) < 4.78 is 0. The van der Waals surface area contributed by atoms with Gasteiger partial charge in [-0.3, -0.25) is 4.79 Å². The molecule has 0 saturated carbocycles. The molecule has 0 aromatic heterocycles. The van der Waals surface area contributed by atoms with Gasteiger partial charge in [0.05, 0.1) is 0 Å². The Hall–Kier alpha value is -1.06. The van der Waals surface area contributed by atoms with E-state index in [1.54, 1.807) is 12.1 Å². The van der Waals surface area contributed by atoms with Crippen LogP contribution in [0, 0.1) is 12.8 Å². The van der Waals surface area contributed by atoms with Gasteiger partial charge in [-0.2, -0.15) is 0 Å². The maximum absolute atomic E-state index is 12.3. The van der Waals surface area contributed by atoms with E-state index in [4.69, 9.17) is 17.3 Å². The Labute approximate surface area is 107 Å². The summed E-state index contributed by atoms with van der Waals surface area (Å²) in [5.74, 6) is 0.392. The molecule has 1 saturated heterocycles. The first-order valence-electron chi connectivity index (χ1n) is 5.80. The third-order valence-corrected chi connectivity index (χ3v) is 3.62. The molecule has 1 aliphatic rings. The highest BCUT2D eigenvalue weighted by Crippen LogP contribution is 2.21. The highest BCUT2D eigenvalue weighted by molar-refractivity contribution is 6.31. The van der Waals surface area contributed by atoms with E-state index in [0.717, 1.165) is 12.1 Å². The smallest absolute Gasteiger partial charge is 0.254 e. The zero-order valence-corrected chi connectivity index (χ0v) is 10.9. The van der Waals surface area contributed by atoms with E-state index in [0.29, 0.717) is 23.0 Å². The van der Waals surface area contributed by atoms with Crippen molar-refractivity contribution < 1.29 is 4.79 Å². The van der Waals surface area contributed by atoms with Crippen LogP contribution in [-0.2, 0) is 0 Å². The highest BCUT2D eigenvalue weighted by atomic mass is 35.5. The molecule has 2 rings (SSSR count). The SMILES string of the molecule is Cc1ccc(Cl)cc1C(=O)N1CC(C)C(N)C1. The van der Waals surface area contributed by atoms with Gasteiger partial charge in [0.15, 0.2) is 0 Å². The predicted molar refractivity (Wildman–Crippen MR) is 69.2 cm³/mol. The van der Waals surface area contributed by atoms with Gasteiger partial charge < -0.3 is 10.6 Å². The van der Waals surface area contributed by atoms with Gasteiger partial charge in [0, 0.05) is 29.7 Å². The first kappa shape index (κ1) is 12.4. The average molecular weight is 253 g/mol. The molecule has 0 radical (unpaired) electrons. The Bertz CT molecular complexity index is 437. The molecular weight excluding hydrogens is 236 g/mol. The van der Waals surface area contributed by atoms with E-state index in [-0.39, 0.29) is 11.9 Å². The van der Waals surface area contributed by atoms with Crippen LogP contribution >= 0.6 is 11.6 Å². The molecule has 1 aromatic carbocycles. The second kappa shape index (κ2) is 4.67. The summed E-state index contributed by atoms with van der Waals surface area (Å²) in [6.07, 6.45) is 0. The van der Waals surface area contributed by atoms with Crippen molar-refractivity contribution in [1.29, 1.82) is 0 Å². The molecule has 1 aliphatic heterocycles. The van der Waals surface area contributed by atoms with Crippen molar-refractivity contribution in [2.45, 2.75) is 19.9 Å². The van der Waals surface area contributed by atoms with Gasteiger partial charge in [0.25, 0.3) is 5.91 Å². The van der Waals surface area contributed by atoms with E-state index in [9.17, 15) is 4.79 Å². The van der Waals surface area contributed by atoms with E-state index < -0.39 is 0 Å². The van der Waals surface area contributed by atoms with Crippen LogP contribution in [0.2, 0.25) is 5.02 Å². The number of carbonyl (C=O) groups excluding carboxylic acids is 1. The van der Waals surface area contributed by atoms with Gasteiger partial charge >= 0.3 is 0 Å². The molecule has 0 aliphatic carbocycles. The summed E-state index contributed by atoms with van der Waals surface area (Å²) in [5, 5.41) is 0.593. The summed E-state index contributed by atoms with van der Waals surface area (Å²) in [4.78, 5) is 14.1. The van der Waals surface area contributed by atoms with Gasteiger partial charge in [-0.15, -0.1) is 0 Å². The van der Waals surface area contributed by atoms with Gasteiger partial charge in [-0.25, -0.2) is 0 Å². The summed E-state index contributed by atoms with van der Waals surface area (Å²) in [6.45, 7) is 5.35. The molecule has 92 valence electrons. The molecule has 3 nitrogen and oxygen atoms in total. The van der Waals surface area contributed by atoms with Crippen molar-refractivity contribution in [1.82, 2.24) is 4.90 Å². The third-order valence-electron chi connectivity index (χ3n) is 3.39. The number of carbonyl (C=O) groups is 1. The fourth-order valence-electron chi connectivity index (χ4n) is 2.15. The summed E-state index contributed by atoms with van der Waals surface area (Å²) in [7, 11) is 0. The lowest BCUT2D eigenvalue weighted by molar-refractivity contribution is 0.0786. The first-order chi connectivity index (χ1) is 7.99. The van der Waals surface area contributed by atoms with Crippen LogP contribution in [0.4, 0.5) is 0 Å². The number of rotatable bonds is 1. The van der Waals surface area contributed by atoms with Crippen LogP contribution in [0.5, 0.6) is 0 Å². The average Bonchev–Trinajstić information content (AvgIpc) is 2.62. The lowest BCUT2D eigenvalue weighted by atomic mass is 10.1. The lowest BCUT2D eigenvalue weighted by Gasteiger charge is -2.17. The Kier molecular flexibility index (Phi) is 3.40. The van der Waals surface area contributed by atoms with Crippen LogP contribution < -0.4 is 5.73 Å². The van der Waals surface area contributed by atoms with Gasteiger partial charge in [-0.1, -0.05) is 24.6 Å². The normalized spacial score (nSPS) is 24.1. The Morgan fingerprint density at radius 1 is 1.47 bits per heavy atom. The zero-order chi connectivity index (χ0) is 12.6. The van der Waals surface area contributed by atoms with Gasteiger partial charge in [0.2, 0.25) is 0 Å². The fraction of sp³-hybridized carbons (Fsp3) is 0.462. The third kappa shape index (κ3) is 2.45. The quantitative estimate of drug-likeness (QED) is 0.832. The van der Waals surface area contributed by atoms with Crippen LogP contribution in [-0.4, -0.2) is 29.9 Å². The summed E-state index contributed by atoms with van der Waals surface area (Å²) in [5.41, 5.74) is 7.56. The number of aryl methyl sites for hydroxylation is 1. The van der Waals surface area contributed by atoms with Crippen molar-refractivity contribution in [3.63, 3.8) is 0 Å². The Morgan fingerprint density at radius 3 is 2.76 bits per heavy atom. The minimum Gasteiger partial charge on any atom is -0.337 e. The number of nitrogens with two attached hydrogens (primary N) is 1. The largest absolute Gasteiger partial charge is 0.337 e. The van der Waals surface area contributed by atoms with Gasteiger partial charge in [-0.05, 0) is 30.5 Å². The summed E-state index contributed by atoms with van der Waals surface area (Å²) >= 11 is 5.93. The molecule has 2 N–H and O–H groups in total. The maximum atomic E-state index is 12.3. The molecular formula is C13H17ClN2O. The standard InChI is InChI=1S/C13H17ClN2O/c1-8-3-4-10(14)5-11(8)13(17)16-6-9(2)12(15)7-16/h3-5,9,12H,6-7,15H2,1-2H3. The number of benzene rings is 1. The lowest BCUT2D eigenvalue weighted by Crippen LogP contribution is -2.32. The number of hydrogen-bond acceptors (Lipinski definition) is 2. The van der Waals surface area contributed by atoms with Crippen molar-refractivity contribution >= 4 is 17.5 Å². The zero-order valence-electron chi connectivity index (χ0n) is 10.1. The number of nitrogens with zero attached hydrogens (tertiary/aromatic N) is 1. The molecule has 0 bridgehead atoms. The minimum atomic E-state index is 0.0322. The topological polar surface area (TPSA) is 46.3 Å². The molecule has 0 spiro atoms. The highest BCUT2D eigenvalue weighted by Gasteiger charge is 2.30. The number of amides is 1. The van der Waals surface area contributed by atoms with Crippen LogP contribution in [0.1, 0.15) is 22.8 Å². The number of halogens is 1. The van der Waals surface area contributed by atoms with E-state index in [1.165, 1.54) is 0 Å². The Morgan fingerprint density at radius 2 is 2.18 bits per heavy atom. The van der Waals surface area contributed by atoms with E-state index in [1.807, 2.05) is 17.9 Å². The molecule has 1 aromatic rings. The molecule has 1 fully saturated rings. The fourth-order valence-corrected chi connectivity index (χ4v) is 2.32. The van der Waals surface area contributed by atoms with Crippen LogP contribution in [0.3, 0.4) is 0 Å². The van der Waals surface area contributed by atoms with Crippen molar-refractivity contribution in [3.05, 3.63) is 34.3 Å². The molecule has 17 heavy (non-hydrogen) atoms. The molecule has 4 heteroatoms. The molecule has 1 amide bonds. The predicted octanol–water partition coefficient (Wildman–Crippen LogP) is 2.07. The van der Waals surface area contributed by atoms with Crippen LogP contribution in [0.15, 0.2) is 18.2 Å². The van der Waals surface area contributed by atoms with E-state index >= 15 is 0 Å². The maximum Gasteiger partial charge on any atom is 0.254 e.